The van der Waals surface area contributed by atoms with Crippen molar-refractivity contribution in [2.45, 2.75) is 12.1 Å². The first-order valence-electron chi connectivity index (χ1n) is 6.85. The van der Waals surface area contributed by atoms with Crippen molar-refractivity contribution in [3.8, 4) is 0 Å². The quantitative estimate of drug-likeness (QED) is 0.878. The zero-order valence-corrected chi connectivity index (χ0v) is 11.5. The second-order valence-electron chi connectivity index (χ2n) is 5.28. The van der Waals surface area contributed by atoms with Gasteiger partial charge < -0.3 is 20.0 Å². The summed E-state index contributed by atoms with van der Waals surface area (Å²) >= 11 is 0. The van der Waals surface area contributed by atoms with Gasteiger partial charge in [-0.1, -0.05) is 18.2 Å². The van der Waals surface area contributed by atoms with E-state index < -0.39 is 0 Å². The molecule has 2 atom stereocenters. The van der Waals surface area contributed by atoms with Crippen LogP contribution in [0.25, 0.3) is 11.0 Å². The lowest BCUT2D eigenvalue weighted by atomic mass is 9.97. The van der Waals surface area contributed by atoms with Gasteiger partial charge >= 0.3 is 0 Å². The van der Waals surface area contributed by atoms with Crippen molar-refractivity contribution in [3.05, 3.63) is 36.1 Å². The van der Waals surface area contributed by atoms with E-state index >= 15 is 0 Å². The Labute approximate surface area is 113 Å². The Kier molecular flexibility index (Phi) is 3.55. The SMILES string of the molecule is CNC(c1coc2ccccc12)C1CN(C)CCN1. The van der Waals surface area contributed by atoms with Gasteiger partial charge in [-0.2, -0.15) is 0 Å². The zero-order valence-electron chi connectivity index (χ0n) is 11.5. The molecule has 4 heteroatoms. The Morgan fingerprint density at radius 3 is 3.05 bits per heavy atom. The third-order valence-corrected chi connectivity index (χ3v) is 3.97. The van der Waals surface area contributed by atoms with E-state index in [9.17, 15) is 0 Å². The highest BCUT2D eigenvalue weighted by Crippen LogP contribution is 2.28. The molecule has 0 bridgehead atoms. The van der Waals surface area contributed by atoms with Crippen LogP contribution in [0, 0.1) is 0 Å². The summed E-state index contributed by atoms with van der Waals surface area (Å²) in [6.45, 7) is 3.19. The van der Waals surface area contributed by atoms with Gasteiger partial charge in [-0.15, -0.1) is 0 Å². The lowest BCUT2D eigenvalue weighted by Crippen LogP contribution is -2.54. The summed E-state index contributed by atoms with van der Waals surface area (Å²) in [5.74, 6) is 0. The molecule has 0 saturated carbocycles. The van der Waals surface area contributed by atoms with Crippen LogP contribution < -0.4 is 10.6 Å². The molecule has 1 aliphatic rings. The van der Waals surface area contributed by atoms with Gasteiger partial charge in [-0.05, 0) is 20.2 Å². The van der Waals surface area contributed by atoms with Crippen LogP contribution in [0.15, 0.2) is 34.9 Å². The number of likely N-dealkylation sites (N-methyl/N-ethyl adjacent to an activating group) is 2. The summed E-state index contributed by atoms with van der Waals surface area (Å²) in [6, 6.07) is 8.90. The molecule has 2 N–H and O–H groups in total. The lowest BCUT2D eigenvalue weighted by molar-refractivity contribution is 0.210. The molecule has 3 rings (SSSR count). The minimum absolute atomic E-state index is 0.270. The van der Waals surface area contributed by atoms with Gasteiger partial charge in [0.15, 0.2) is 0 Å². The van der Waals surface area contributed by atoms with Crippen LogP contribution in [-0.4, -0.2) is 44.7 Å². The molecule has 2 heterocycles. The van der Waals surface area contributed by atoms with Gasteiger partial charge in [0.1, 0.15) is 5.58 Å². The average Bonchev–Trinajstić information content (AvgIpc) is 2.84. The fourth-order valence-corrected chi connectivity index (χ4v) is 2.97. The van der Waals surface area contributed by atoms with Crippen molar-refractivity contribution in [2.24, 2.45) is 0 Å². The van der Waals surface area contributed by atoms with Crippen LogP contribution >= 0.6 is 0 Å². The summed E-state index contributed by atoms with van der Waals surface area (Å²) in [4.78, 5) is 2.37. The number of nitrogens with one attached hydrogen (secondary N) is 2. The highest BCUT2D eigenvalue weighted by Gasteiger charge is 2.27. The number of para-hydroxylation sites is 1. The van der Waals surface area contributed by atoms with Crippen LogP contribution in [0.4, 0.5) is 0 Å². The van der Waals surface area contributed by atoms with Gasteiger partial charge in [-0.3, -0.25) is 0 Å². The van der Waals surface area contributed by atoms with Crippen molar-refractivity contribution in [1.82, 2.24) is 15.5 Å². The molecule has 1 aromatic heterocycles. The molecule has 19 heavy (non-hydrogen) atoms. The number of piperazine rings is 1. The van der Waals surface area contributed by atoms with E-state index in [0.717, 1.165) is 25.2 Å². The Morgan fingerprint density at radius 2 is 2.26 bits per heavy atom. The average molecular weight is 259 g/mol. The Balaban J connectivity index is 1.93. The molecule has 0 spiro atoms. The van der Waals surface area contributed by atoms with Crippen LogP contribution in [0.5, 0.6) is 0 Å². The Bertz CT molecular complexity index is 551. The number of rotatable bonds is 3. The van der Waals surface area contributed by atoms with Crippen LogP contribution in [-0.2, 0) is 0 Å². The number of furan rings is 1. The summed E-state index contributed by atoms with van der Waals surface area (Å²) in [6.07, 6.45) is 1.89. The van der Waals surface area contributed by atoms with E-state index in [1.54, 1.807) is 0 Å². The second kappa shape index (κ2) is 5.33. The molecule has 4 nitrogen and oxygen atoms in total. The second-order valence-corrected chi connectivity index (χ2v) is 5.28. The molecule has 0 aliphatic carbocycles. The van der Waals surface area contributed by atoms with E-state index in [1.165, 1.54) is 10.9 Å². The minimum Gasteiger partial charge on any atom is -0.464 e. The number of benzene rings is 1. The predicted octanol–water partition coefficient (Wildman–Crippen LogP) is 1.60. The van der Waals surface area contributed by atoms with E-state index in [1.807, 2.05) is 25.4 Å². The maximum Gasteiger partial charge on any atom is 0.134 e. The zero-order chi connectivity index (χ0) is 13.2. The molecule has 2 aromatic rings. The molecule has 1 fully saturated rings. The van der Waals surface area contributed by atoms with E-state index in [-0.39, 0.29) is 6.04 Å². The van der Waals surface area contributed by atoms with Crippen molar-refractivity contribution in [1.29, 1.82) is 0 Å². The van der Waals surface area contributed by atoms with Crippen LogP contribution in [0.2, 0.25) is 0 Å². The summed E-state index contributed by atoms with van der Waals surface area (Å²) in [5, 5.41) is 8.25. The van der Waals surface area contributed by atoms with Gasteiger partial charge in [0.2, 0.25) is 0 Å². The van der Waals surface area contributed by atoms with Crippen molar-refractivity contribution >= 4 is 11.0 Å². The smallest absolute Gasteiger partial charge is 0.134 e. The summed E-state index contributed by atoms with van der Waals surface area (Å²) < 4.78 is 5.67. The monoisotopic (exact) mass is 259 g/mol. The molecular weight excluding hydrogens is 238 g/mol. The van der Waals surface area contributed by atoms with Crippen molar-refractivity contribution in [3.63, 3.8) is 0 Å². The van der Waals surface area contributed by atoms with Gasteiger partial charge in [0.05, 0.1) is 12.3 Å². The molecule has 102 valence electrons. The molecular formula is C15H21N3O. The van der Waals surface area contributed by atoms with Gasteiger partial charge in [0, 0.05) is 36.6 Å². The summed E-state index contributed by atoms with van der Waals surface area (Å²) in [5.41, 5.74) is 2.20. The molecule has 0 radical (unpaired) electrons. The first-order chi connectivity index (χ1) is 9.29. The van der Waals surface area contributed by atoms with Gasteiger partial charge in [-0.25, -0.2) is 0 Å². The molecule has 2 unspecified atom stereocenters. The topological polar surface area (TPSA) is 40.4 Å². The normalized spacial score (nSPS) is 22.7. The highest BCUT2D eigenvalue weighted by atomic mass is 16.3. The third kappa shape index (κ3) is 2.39. The fraction of sp³-hybridized carbons (Fsp3) is 0.467. The van der Waals surface area contributed by atoms with Gasteiger partial charge in [0.25, 0.3) is 0 Å². The van der Waals surface area contributed by atoms with Crippen LogP contribution in [0.3, 0.4) is 0 Å². The molecule has 0 amide bonds. The standard InChI is InChI=1S/C15H21N3O/c1-16-15(13-9-18(2)8-7-17-13)12-10-19-14-6-4-3-5-11(12)14/h3-6,10,13,15-17H,7-9H2,1-2H3. The predicted molar refractivity (Wildman–Crippen MR) is 77.3 cm³/mol. The number of nitrogens with zero attached hydrogens (tertiary/aromatic N) is 1. The summed E-state index contributed by atoms with van der Waals surface area (Å²) in [7, 11) is 4.19. The number of hydrogen-bond donors (Lipinski definition) is 2. The Hall–Kier alpha value is -1.36. The molecule has 1 aliphatic heterocycles. The van der Waals surface area contributed by atoms with Crippen molar-refractivity contribution in [2.75, 3.05) is 33.7 Å². The maximum atomic E-state index is 5.67. The molecule has 1 saturated heterocycles. The largest absolute Gasteiger partial charge is 0.464 e. The number of hydrogen-bond acceptors (Lipinski definition) is 4. The number of fused-ring (bicyclic) bond motifs is 1. The fourth-order valence-electron chi connectivity index (χ4n) is 2.97. The maximum absolute atomic E-state index is 5.67. The Morgan fingerprint density at radius 1 is 1.42 bits per heavy atom. The highest BCUT2D eigenvalue weighted by molar-refractivity contribution is 5.81. The minimum atomic E-state index is 0.270. The van der Waals surface area contributed by atoms with E-state index in [0.29, 0.717) is 6.04 Å². The van der Waals surface area contributed by atoms with Crippen LogP contribution in [0.1, 0.15) is 11.6 Å². The molecule has 1 aromatic carbocycles. The van der Waals surface area contributed by atoms with Crippen molar-refractivity contribution < 1.29 is 4.42 Å². The third-order valence-electron chi connectivity index (χ3n) is 3.97. The first-order valence-corrected chi connectivity index (χ1v) is 6.85. The first kappa shape index (κ1) is 12.7. The van der Waals surface area contributed by atoms with E-state index in [4.69, 9.17) is 4.42 Å². The lowest BCUT2D eigenvalue weighted by Gasteiger charge is -2.35. The van der Waals surface area contributed by atoms with E-state index in [2.05, 4.69) is 34.7 Å².